The van der Waals surface area contributed by atoms with Gasteiger partial charge in [-0.05, 0) is 30.4 Å². The average molecular weight is 272 g/mol. The third-order valence-electron chi connectivity index (χ3n) is 2.47. The number of carboxylic acid groups (broad SMARTS) is 1. The van der Waals surface area contributed by atoms with Gasteiger partial charge in [0.15, 0.2) is 5.15 Å². The Labute approximate surface area is 112 Å². The monoisotopic (exact) mass is 271 g/mol. The zero-order chi connectivity index (χ0) is 13.5. The molecule has 1 unspecified atom stereocenters. The predicted octanol–water partition coefficient (Wildman–Crippen LogP) is 2.68. The van der Waals surface area contributed by atoms with Gasteiger partial charge in [0.2, 0.25) is 0 Å². The van der Waals surface area contributed by atoms with E-state index in [1.54, 1.807) is 12.1 Å². The minimum atomic E-state index is -0.773. The van der Waals surface area contributed by atoms with Crippen molar-refractivity contribution < 1.29 is 9.90 Å². The maximum atomic E-state index is 10.8. The van der Waals surface area contributed by atoms with E-state index in [0.29, 0.717) is 23.4 Å². The summed E-state index contributed by atoms with van der Waals surface area (Å²) in [6.07, 6.45) is 1.02. The Morgan fingerprint density at radius 1 is 1.44 bits per heavy atom. The van der Waals surface area contributed by atoms with Gasteiger partial charge in [0, 0.05) is 13.0 Å². The minimum Gasteiger partial charge on any atom is -0.481 e. The molecule has 0 bridgehead atoms. The Hall–Kier alpha value is -1.36. The van der Waals surface area contributed by atoms with E-state index in [4.69, 9.17) is 16.7 Å². The second-order valence-electron chi connectivity index (χ2n) is 4.72. The van der Waals surface area contributed by atoms with Gasteiger partial charge in [-0.2, -0.15) is 0 Å². The fourth-order valence-corrected chi connectivity index (χ4v) is 1.91. The van der Waals surface area contributed by atoms with Crippen molar-refractivity contribution in [2.24, 2.45) is 11.8 Å². The van der Waals surface area contributed by atoms with Crippen LogP contribution in [0, 0.1) is 11.8 Å². The summed E-state index contributed by atoms with van der Waals surface area (Å²) >= 11 is 5.63. The number of nitrogens with zero attached hydrogens (tertiary/aromatic N) is 2. The summed E-state index contributed by atoms with van der Waals surface area (Å²) in [6, 6.07) is 3.37. The lowest BCUT2D eigenvalue weighted by Crippen LogP contribution is -2.20. The Morgan fingerprint density at radius 3 is 2.67 bits per heavy atom. The second-order valence-corrected chi connectivity index (χ2v) is 5.10. The molecule has 100 valence electrons. The number of aromatic nitrogens is 2. The van der Waals surface area contributed by atoms with Gasteiger partial charge in [0.05, 0.1) is 0 Å². The Balaban J connectivity index is 2.50. The lowest BCUT2D eigenvalue weighted by atomic mass is 9.94. The third-order valence-corrected chi connectivity index (χ3v) is 2.67. The van der Waals surface area contributed by atoms with Gasteiger partial charge in [0.1, 0.15) is 5.82 Å². The van der Waals surface area contributed by atoms with Crippen molar-refractivity contribution in [2.75, 3.05) is 11.9 Å². The summed E-state index contributed by atoms with van der Waals surface area (Å²) in [5.74, 6) is 0.385. The first-order valence-corrected chi connectivity index (χ1v) is 6.30. The molecule has 5 nitrogen and oxygen atoms in total. The van der Waals surface area contributed by atoms with Crippen LogP contribution in [0.15, 0.2) is 12.1 Å². The molecular weight excluding hydrogens is 254 g/mol. The topological polar surface area (TPSA) is 75.1 Å². The Kier molecular flexibility index (Phi) is 5.85. The van der Waals surface area contributed by atoms with Crippen LogP contribution in [0.3, 0.4) is 0 Å². The van der Waals surface area contributed by atoms with Gasteiger partial charge in [-0.15, -0.1) is 10.2 Å². The maximum absolute atomic E-state index is 10.8. The first-order chi connectivity index (χ1) is 8.47. The van der Waals surface area contributed by atoms with Gasteiger partial charge < -0.3 is 10.4 Å². The predicted molar refractivity (Wildman–Crippen MR) is 70.7 cm³/mol. The number of rotatable bonds is 7. The van der Waals surface area contributed by atoms with E-state index < -0.39 is 5.97 Å². The number of carbonyl (C=O) groups is 1. The maximum Gasteiger partial charge on any atom is 0.303 e. The summed E-state index contributed by atoms with van der Waals surface area (Å²) in [4.78, 5) is 10.8. The van der Waals surface area contributed by atoms with Gasteiger partial charge in [-0.1, -0.05) is 25.4 Å². The molecule has 18 heavy (non-hydrogen) atoms. The highest BCUT2D eigenvalue weighted by molar-refractivity contribution is 6.29. The molecule has 0 radical (unpaired) electrons. The molecule has 0 aliphatic carbocycles. The average Bonchev–Trinajstić information content (AvgIpc) is 2.26. The second kappa shape index (κ2) is 7.16. The number of halogens is 1. The van der Waals surface area contributed by atoms with Gasteiger partial charge >= 0.3 is 5.97 Å². The highest BCUT2D eigenvalue weighted by atomic mass is 35.5. The van der Waals surface area contributed by atoms with Crippen molar-refractivity contribution in [1.29, 1.82) is 0 Å². The van der Waals surface area contributed by atoms with Crippen LogP contribution in [0.5, 0.6) is 0 Å². The molecule has 0 amide bonds. The van der Waals surface area contributed by atoms with Crippen molar-refractivity contribution in [3.05, 3.63) is 17.3 Å². The van der Waals surface area contributed by atoms with E-state index in [2.05, 4.69) is 29.4 Å². The molecule has 6 heteroatoms. The molecule has 2 N–H and O–H groups in total. The molecule has 0 aromatic carbocycles. The quantitative estimate of drug-likeness (QED) is 0.797. The SMILES string of the molecule is CC(C)CC(CNc1ccc(Cl)nn1)CC(=O)O. The van der Waals surface area contributed by atoms with E-state index in [1.807, 2.05) is 0 Å². The number of aliphatic carboxylic acids is 1. The van der Waals surface area contributed by atoms with Crippen molar-refractivity contribution >= 4 is 23.4 Å². The molecule has 1 aromatic heterocycles. The van der Waals surface area contributed by atoms with Crippen LogP contribution >= 0.6 is 11.6 Å². The summed E-state index contributed by atoms with van der Waals surface area (Å²) < 4.78 is 0. The number of hydrogen-bond donors (Lipinski definition) is 2. The Morgan fingerprint density at radius 2 is 2.17 bits per heavy atom. The standard InChI is InChI=1S/C12H18ClN3O2/c1-8(2)5-9(6-12(17)18)7-14-11-4-3-10(13)15-16-11/h3-4,8-9H,5-7H2,1-2H3,(H,14,16)(H,17,18). The van der Waals surface area contributed by atoms with Crippen LogP contribution in [0.4, 0.5) is 5.82 Å². The lowest BCUT2D eigenvalue weighted by Gasteiger charge is -2.17. The zero-order valence-electron chi connectivity index (χ0n) is 10.6. The third kappa shape index (κ3) is 5.82. The van der Waals surface area contributed by atoms with Crippen LogP contribution in [0.2, 0.25) is 5.15 Å². The van der Waals surface area contributed by atoms with Crippen LogP contribution in [0.25, 0.3) is 0 Å². The Bertz CT molecular complexity index is 381. The fourth-order valence-electron chi connectivity index (χ4n) is 1.81. The van der Waals surface area contributed by atoms with Crippen LogP contribution in [-0.2, 0) is 4.79 Å². The summed E-state index contributed by atoms with van der Waals surface area (Å²) in [5, 5.41) is 19.9. The van der Waals surface area contributed by atoms with Crippen molar-refractivity contribution in [1.82, 2.24) is 10.2 Å². The van der Waals surface area contributed by atoms with Crippen molar-refractivity contribution in [2.45, 2.75) is 26.7 Å². The normalized spacial score (nSPS) is 12.4. The summed E-state index contributed by atoms with van der Waals surface area (Å²) in [7, 11) is 0. The van der Waals surface area contributed by atoms with E-state index in [-0.39, 0.29) is 12.3 Å². The molecule has 0 aliphatic rings. The number of nitrogens with one attached hydrogen (secondary N) is 1. The molecule has 1 heterocycles. The lowest BCUT2D eigenvalue weighted by molar-refractivity contribution is -0.138. The fraction of sp³-hybridized carbons (Fsp3) is 0.583. The molecule has 0 aliphatic heterocycles. The number of anilines is 1. The molecule has 1 aromatic rings. The van der Waals surface area contributed by atoms with Gasteiger partial charge in [-0.25, -0.2) is 0 Å². The first-order valence-electron chi connectivity index (χ1n) is 5.92. The van der Waals surface area contributed by atoms with Crippen molar-refractivity contribution in [3.63, 3.8) is 0 Å². The van der Waals surface area contributed by atoms with Crippen molar-refractivity contribution in [3.8, 4) is 0 Å². The smallest absolute Gasteiger partial charge is 0.303 e. The van der Waals surface area contributed by atoms with E-state index in [1.165, 1.54) is 0 Å². The number of hydrogen-bond acceptors (Lipinski definition) is 4. The summed E-state index contributed by atoms with van der Waals surface area (Å²) in [6.45, 7) is 4.73. The first kappa shape index (κ1) is 14.7. The van der Waals surface area contributed by atoms with Crippen LogP contribution in [-0.4, -0.2) is 27.8 Å². The highest BCUT2D eigenvalue weighted by Crippen LogP contribution is 2.16. The van der Waals surface area contributed by atoms with Gasteiger partial charge in [-0.3, -0.25) is 4.79 Å². The van der Waals surface area contributed by atoms with Crippen LogP contribution in [0.1, 0.15) is 26.7 Å². The molecular formula is C12H18ClN3O2. The molecule has 1 atom stereocenters. The highest BCUT2D eigenvalue weighted by Gasteiger charge is 2.15. The number of carboxylic acids is 1. The largest absolute Gasteiger partial charge is 0.481 e. The zero-order valence-corrected chi connectivity index (χ0v) is 11.3. The molecule has 1 rings (SSSR count). The summed E-state index contributed by atoms with van der Waals surface area (Å²) in [5.41, 5.74) is 0. The van der Waals surface area contributed by atoms with Crippen LogP contribution < -0.4 is 5.32 Å². The molecule has 0 saturated heterocycles. The van der Waals surface area contributed by atoms with Gasteiger partial charge in [0.25, 0.3) is 0 Å². The van der Waals surface area contributed by atoms with E-state index in [0.717, 1.165) is 6.42 Å². The molecule has 0 fully saturated rings. The van der Waals surface area contributed by atoms with E-state index in [9.17, 15) is 4.79 Å². The molecule has 0 spiro atoms. The minimum absolute atomic E-state index is 0.0833. The molecule has 0 saturated carbocycles. The van der Waals surface area contributed by atoms with E-state index >= 15 is 0 Å².